The number of fused-ring (bicyclic) bond motifs is 3. The zero-order valence-corrected chi connectivity index (χ0v) is 20.2. The molecule has 0 unspecified atom stereocenters. The molecule has 1 aromatic heterocycles. The smallest absolute Gasteiger partial charge is 0.359 e. The monoisotopic (exact) mass is 501 g/mol. The molecule has 10 heteroatoms. The summed E-state index contributed by atoms with van der Waals surface area (Å²) < 4.78 is 38.4. The van der Waals surface area contributed by atoms with Gasteiger partial charge in [0.1, 0.15) is 0 Å². The third kappa shape index (κ3) is 4.13. The van der Waals surface area contributed by atoms with Gasteiger partial charge in [-0.1, -0.05) is 35.9 Å². The van der Waals surface area contributed by atoms with Crippen LogP contribution in [-0.2, 0) is 31.6 Å². The van der Waals surface area contributed by atoms with E-state index < -0.39 is 15.8 Å². The first-order valence-electron chi connectivity index (χ1n) is 11.1. The van der Waals surface area contributed by atoms with E-state index in [0.29, 0.717) is 22.5 Å². The molecule has 3 heterocycles. The maximum absolute atomic E-state index is 13.1. The number of morpholine rings is 1. The molecule has 1 fully saturated rings. The van der Waals surface area contributed by atoms with Crippen LogP contribution in [0.4, 0.5) is 0 Å². The Balaban J connectivity index is 1.61. The van der Waals surface area contributed by atoms with Crippen molar-refractivity contribution in [3.05, 3.63) is 64.3 Å². The zero-order chi connectivity index (χ0) is 23.9. The fourth-order valence-electron chi connectivity index (χ4n) is 4.45. The van der Waals surface area contributed by atoms with Gasteiger partial charge in [0, 0.05) is 30.8 Å². The van der Waals surface area contributed by atoms with Crippen LogP contribution in [0.25, 0.3) is 16.9 Å². The van der Waals surface area contributed by atoms with Crippen molar-refractivity contribution in [2.45, 2.75) is 24.1 Å². The maximum Gasteiger partial charge on any atom is 0.359 e. The van der Waals surface area contributed by atoms with Crippen LogP contribution in [0.2, 0.25) is 5.02 Å². The molecule has 1 saturated heterocycles. The van der Waals surface area contributed by atoms with E-state index in [9.17, 15) is 13.2 Å². The van der Waals surface area contributed by atoms with Crippen molar-refractivity contribution in [3.8, 4) is 16.9 Å². The topological polar surface area (TPSA) is 90.7 Å². The standard InChI is InChI=1S/C24H24ClN3O5S/c1-2-33-24(29)21-19-15-34(30,31)23-18(4-3-5-20(23)25)22(19)28(26-21)17-8-6-16(7-9-17)14-27-10-12-32-13-11-27/h3-9H,2,10-15H2,1H3. The highest BCUT2D eigenvalue weighted by Crippen LogP contribution is 2.43. The van der Waals surface area contributed by atoms with Crippen molar-refractivity contribution >= 4 is 27.4 Å². The molecule has 0 atom stereocenters. The number of hydrogen-bond donors (Lipinski definition) is 0. The predicted octanol–water partition coefficient (Wildman–Crippen LogP) is 3.49. The Morgan fingerprint density at radius 1 is 1.15 bits per heavy atom. The molecule has 8 nitrogen and oxygen atoms in total. The Morgan fingerprint density at radius 2 is 1.88 bits per heavy atom. The van der Waals surface area contributed by atoms with Gasteiger partial charge in [0.15, 0.2) is 15.5 Å². The molecule has 0 bridgehead atoms. The Bertz CT molecular complexity index is 1350. The van der Waals surface area contributed by atoms with E-state index in [4.69, 9.17) is 21.1 Å². The normalized spacial score (nSPS) is 17.1. The van der Waals surface area contributed by atoms with Gasteiger partial charge in [-0.25, -0.2) is 17.9 Å². The zero-order valence-electron chi connectivity index (χ0n) is 18.7. The molecule has 0 spiro atoms. The Kier molecular flexibility index (Phi) is 6.20. The molecule has 3 aromatic rings. The number of nitrogens with zero attached hydrogens (tertiary/aromatic N) is 3. The average molecular weight is 502 g/mol. The summed E-state index contributed by atoms with van der Waals surface area (Å²) >= 11 is 6.31. The van der Waals surface area contributed by atoms with Crippen LogP contribution in [0.3, 0.4) is 0 Å². The van der Waals surface area contributed by atoms with Crippen molar-refractivity contribution in [2.24, 2.45) is 0 Å². The van der Waals surface area contributed by atoms with Crippen LogP contribution < -0.4 is 0 Å². The summed E-state index contributed by atoms with van der Waals surface area (Å²) in [4.78, 5) is 15.1. The molecule has 0 amide bonds. The second kappa shape index (κ2) is 9.14. The van der Waals surface area contributed by atoms with E-state index >= 15 is 0 Å². The lowest BCUT2D eigenvalue weighted by Crippen LogP contribution is -2.35. The summed E-state index contributed by atoms with van der Waals surface area (Å²) in [5.41, 5.74) is 3.14. The van der Waals surface area contributed by atoms with E-state index in [1.165, 1.54) is 0 Å². The SMILES string of the molecule is CCOC(=O)c1nn(-c2ccc(CN3CCOCC3)cc2)c2c1CS(=O)(=O)c1c(Cl)cccc1-2. The van der Waals surface area contributed by atoms with Gasteiger partial charge in [-0.05, 0) is 30.7 Å². The predicted molar refractivity (Wildman–Crippen MR) is 127 cm³/mol. The van der Waals surface area contributed by atoms with Crippen molar-refractivity contribution in [1.29, 1.82) is 0 Å². The number of aromatic nitrogens is 2. The molecule has 5 rings (SSSR count). The first kappa shape index (κ1) is 23.0. The summed E-state index contributed by atoms with van der Waals surface area (Å²) in [6.45, 7) is 5.92. The lowest BCUT2D eigenvalue weighted by molar-refractivity contribution is 0.0342. The average Bonchev–Trinajstić information content (AvgIpc) is 3.19. The molecule has 0 N–H and O–H groups in total. The molecular formula is C24H24ClN3O5S. The highest BCUT2D eigenvalue weighted by molar-refractivity contribution is 7.91. The van der Waals surface area contributed by atoms with Crippen LogP contribution in [0.15, 0.2) is 47.4 Å². The molecule has 0 saturated carbocycles. The van der Waals surface area contributed by atoms with Gasteiger partial charge < -0.3 is 9.47 Å². The van der Waals surface area contributed by atoms with Crippen molar-refractivity contribution in [2.75, 3.05) is 32.9 Å². The van der Waals surface area contributed by atoms with Crippen LogP contribution in [0.1, 0.15) is 28.5 Å². The lowest BCUT2D eigenvalue weighted by Gasteiger charge is -2.26. The number of ether oxygens (including phenoxy) is 2. The molecule has 0 radical (unpaired) electrons. The molecular weight excluding hydrogens is 478 g/mol. The Labute approximate surface area is 203 Å². The van der Waals surface area contributed by atoms with Crippen LogP contribution >= 0.6 is 11.6 Å². The van der Waals surface area contributed by atoms with E-state index in [1.807, 2.05) is 24.3 Å². The number of esters is 1. The number of carbonyl (C=O) groups is 1. The summed E-state index contributed by atoms with van der Waals surface area (Å²) in [7, 11) is -3.76. The number of rotatable bonds is 5. The van der Waals surface area contributed by atoms with Crippen molar-refractivity contribution < 1.29 is 22.7 Å². The third-order valence-corrected chi connectivity index (χ3v) is 8.17. The van der Waals surface area contributed by atoms with Crippen molar-refractivity contribution in [3.63, 3.8) is 0 Å². The Morgan fingerprint density at radius 3 is 2.59 bits per heavy atom. The summed E-state index contributed by atoms with van der Waals surface area (Å²) in [5, 5.41) is 4.68. The molecule has 0 aliphatic carbocycles. The van der Waals surface area contributed by atoms with Gasteiger partial charge in [-0.3, -0.25) is 4.90 Å². The van der Waals surface area contributed by atoms with Gasteiger partial charge in [0.05, 0.1) is 46.9 Å². The number of hydrogen-bond acceptors (Lipinski definition) is 7. The quantitative estimate of drug-likeness (QED) is 0.494. The molecule has 2 aliphatic heterocycles. The molecule has 2 aliphatic rings. The van der Waals surface area contributed by atoms with E-state index in [2.05, 4.69) is 10.00 Å². The third-order valence-electron chi connectivity index (χ3n) is 6.01. The van der Waals surface area contributed by atoms with Gasteiger partial charge in [0.2, 0.25) is 0 Å². The minimum absolute atomic E-state index is 0.00319. The molecule has 2 aromatic carbocycles. The second-order valence-corrected chi connectivity index (χ2v) is 10.6. The first-order chi connectivity index (χ1) is 16.4. The number of halogens is 1. The second-order valence-electron chi connectivity index (χ2n) is 8.24. The van der Waals surface area contributed by atoms with E-state index in [1.54, 1.807) is 29.8 Å². The number of sulfone groups is 1. The van der Waals surface area contributed by atoms with E-state index in [0.717, 1.165) is 38.4 Å². The molecule has 34 heavy (non-hydrogen) atoms. The number of benzene rings is 2. The van der Waals surface area contributed by atoms with Gasteiger partial charge in [-0.2, -0.15) is 5.10 Å². The van der Waals surface area contributed by atoms with Crippen LogP contribution in [0, 0.1) is 0 Å². The number of carbonyl (C=O) groups excluding carboxylic acids is 1. The van der Waals surface area contributed by atoms with E-state index in [-0.39, 0.29) is 28.0 Å². The fourth-order valence-corrected chi connectivity index (χ4v) is 6.64. The van der Waals surface area contributed by atoms with Gasteiger partial charge in [-0.15, -0.1) is 0 Å². The Hall–Kier alpha value is -2.72. The highest BCUT2D eigenvalue weighted by Gasteiger charge is 2.37. The molecule has 178 valence electrons. The highest BCUT2D eigenvalue weighted by atomic mass is 35.5. The van der Waals surface area contributed by atoms with Crippen LogP contribution in [0.5, 0.6) is 0 Å². The minimum atomic E-state index is -3.76. The lowest BCUT2D eigenvalue weighted by atomic mass is 10.1. The van der Waals surface area contributed by atoms with Gasteiger partial charge in [0.25, 0.3) is 0 Å². The summed E-state index contributed by atoms with van der Waals surface area (Å²) in [5.74, 6) is -1.02. The van der Waals surface area contributed by atoms with Gasteiger partial charge >= 0.3 is 5.97 Å². The first-order valence-corrected chi connectivity index (χ1v) is 13.1. The largest absolute Gasteiger partial charge is 0.461 e. The maximum atomic E-state index is 13.1. The fraction of sp³-hybridized carbons (Fsp3) is 0.333. The minimum Gasteiger partial charge on any atom is -0.461 e. The van der Waals surface area contributed by atoms with Crippen molar-refractivity contribution in [1.82, 2.24) is 14.7 Å². The van der Waals surface area contributed by atoms with Crippen LogP contribution in [-0.4, -0.2) is 62.0 Å². The summed E-state index contributed by atoms with van der Waals surface area (Å²) in [6, 6.07) is 12.8. The summed E-state index contributed by atoms with van der Waals surface area (Å²) in [6.07, 6.45) is 0.